The van der Waals surface area contributed by atoms with Crippen LogP contribution >= 0.6 is 0 Å². The molecule has 1 aliphatic rings. The van der Waals surface area contributed by atoms with Crippen LogP contribution in [0, 0.1) is 0 Å². The van der Waals surface area contributed by atoms with Crippen molar-refractivity contribution >= 4 is 5.91 Å². The van der Waals surface area contributed by atoms with E-state index in [9.17, 15) is 4.79 Å². The van der Waals surface area contributed by atoms with Gasteiger partial charge >= 0.3 is 0 Å². The zero-order valence-corrected chi connectivity index (χ0v) is 11.7. The first-order chi connectivity index (χ1) is 9.13. The van der Waals surface area contributed by atoms with E-state index in [-0.39, 0.29) is 11.9 Å². The number of carbonyl (C=O) groups excluding carboxylic acids is 1. The second kappa shape index (κ2) is 6.53. The zero-order valence-electron chi connectivity index (χ0n) is 11.7. The first-order valence-electron chi connectivity index (χ1n) is 6.85. The summed E-state index contributed by atoms with van der Waals surface area (Å²) in [4.78, 5) is 14.1. The van der Waals surface area contributed by atoms with Gasteiger partial charge in [-0.05, 0) is 25.8 Å². The van der Waals surface area contributed by atoms with Crippen molar-refractivity contribution in [1.82, 2.24) is 10.2 Å². The Morgan fingerprint density at radius 3 is 2.79 bits per heavy atom. The Morgan fingerprint density at radius 2 is 2.11 bits per heavy atom. The van der Waals surface area contributed by atoms with E-state index in [4.69, 9.17) is 0 Å². The molecular formula is C16H22N2O. The molecule has 0 radical (unpaired) electrons. The highest BCUT2D eigenvalue weighted by atomic mass is 16.1. The van der Waals surface area contributed by atoms with E-state index in [0.717, 1.165) is 31.6 Å². The molecule has 0 saturated carbocycles. The van der Waals surface area contributed by atoms with Gasteiger partial charge in [-0.15, -0.1) is 0 Å². The van der Waals surface area contributed by atoms with Gasteiger partial charge in [0.05, 0.1) is 0 Å². The van der Waals surface area contributed by atoms with Crippen LogP contribution in [-0.2, 0) is 11.3 Å². The van der Waals surface area contributed by atoms with Crippen LogP contribution in [0.2, 0.25) is 0 Å². The fourth-order valence-corrected chi connectivity index (χ4v) is 2.44. The van der Waals surface area contributed by atoms with E-state index in [1.807, 2.05) is 19.9 Å². The van der Waals surface area contributed by atoms with E-state index < -0.39 is 0 Å². The highest BCUT2D eigenvalue weighted by Gasteiger charge is 2.23. The minimum absolute atomic E-state index is 0.0339. The lowest BCUT2D eigenvalue weighted by molar-refractivity contribution is -0.117. The van der Waals surface area contributed by atoms with Crippen LogP contribution in [0.3, 0.4) is 0 Å². The van der Waals surface area contributed by atoms with Crippen molar-refractivity contribution in [3.63, 3.8) is 0 Å². The van der Waals surface area contributed by atoms with Gasteiger partial charge in [0.1, 0.15) is 0 Å². The number of hydrogen-bond acceptors (Lipinski definition) is 2. The van der Waals surface area contributed by atoms with E-state index >= 15 is 0 Å². The third-order valence-electron chi connectivity index (χ3n) is 3.29. The van der Waals surface area contributed by atoms with Crippen LogP contribution < -0.4 is 5.32 Å². The molecule has 1 heterocycles. The lowest BCUT2D eigenvalue weighted by Crippen LogP contribution is -2.36. The SMILES string of the molecule is CC(C)=CC(=O)N[C@@H]1CCN(Cc2ccccc2)C1. The minimum Gasteiger partial charge on any atom is -0.348 e. The fraction of sp³-hybridized carbons (Fsp3) is 0.438. The number of nitrogens with one attached hydrogen (secondary N) is 1. The third kappa shape index (κ3) is 4.52. The molecule has 1 fully saturated rings. The highest BCUT2D eigenvalue weighted by Crippen LogP contribution is 2.13. The third-order valence-corrected chi connectivity index (χ3v) is 3.29. The Labute approximate surface area is 115 Å². The van der Waals surface area contributed by atoms with Crippen molar-refractivity contribution in [2.24, 2.45) is 0 Å². The lowest BCUT2D eigenvalue weighted by Gasteiger charge is -2.16. The molecule has 1 aliphatic heterocycles. The van der Waals surface area contributed by atoms with Crippen LogP contribution in [0.4, 0.5) is 0 Å². The maximum absolute atomic E-state index is 11.7. The molecule has 0 bridgehead atoms. The van der Waals surface area contributed by atoms with Crippen LogP contribution in [-0.4, -0.2) is 29.9 Å². The molecule has 1 aromatic carbocycles. The van der Waals surface area contributed by atoms with E-state index in [0.29, 0.717) is 0 Å². The van der Waals surface area contributed by atoms with Gasteiger partial charge in [0, 0.05) is 31.8 Å². The van der Waals surface area contributed by atoms with Crippen molar-refractivity contribution in [3.05, 3.63) is 47.5 Å². The maximum Gasteiger partial charge on any atom is 0.244 e. The molecular weight excluding hydrogens is 236 g/mol. The molecule has 1 atom stereocenters. The summed E-state index contributed by atoms with van der Waals surface area (Å²) in [5, 5.41) is 3.07. The van der Waals surface area contributed by atoms with Crippen LogP contribution in [0.25, 0.3) is 0 Å². The van der Waals surface area contributed by atoms with Gasteiger partial charge in [-0.1, -0.05) is 35.9 Å². The molecule has 0 spiro atoms. The Balaban J connectivity index is 1.80. The van der Waals surface area contributed by atoms with Crippen molar-refractivity contribution in [2.45, 2.75) is 32.9 Å². The summed E-state index contributed by atoms with van der Waals surface area (Å²) < 4.78 is 0. The summed E-state index contributed by atoms with van der Waals surface area (Å²) in [6.45, 7) is 6.84. The van der Waals surface area contributed by atoms with Gasteiger partial charge in [-0.2, -0.15) is 0 Å². The molecule has 0 unspecified atom stereocenters. The first kappa shape index (κ1) is 13.8. The molecule has 3 heteroatoms. The van der Waals surface area contributed by atoms with Crippen LogP contribution in [0.5, 0.6) is 0 Å². The van der Waals surface area contributed by atoms with E-state index in [1.165, 1.54) is 5.56 Å². The van der Waals surface area contributed by atoms with Crippen molar-refractivity contribution in [1.29, 1.82) is 0 Å². The average molecular weight is 258 g/mol. The maximum atomic E-state index is 11.7. The number of likely N-dealkylation sites (tertiary alicyclic amines) is 1. The Kier molecular flexibility index (Phi) is 4.74. The molecule has 1 saturated heterocycles. The summed E-state index contributed by atoms with van der Waals surface area (Å²) in [5.41, 5.74) is 2.37. The van der Waals surface area contributed by atoms with Crippen LogP contribution in [0.15, 0.2) is 42.0 Å². The predicted molar refractivity (Wildman–Crippen MR) is 77.7 cm³/mol. The van der Waals surface area contributed by atoms with E-state index in [1.54, 1.807) is 6.08 Å². The van der Waals surface area contributed by atoms with Gasteiger partial charge in [-0.25, -0.2) is 0 Å². The number of nitrogens with zero attached hydrogens (tertiary/aromatic N) is 1. The number of allylic oxidation sites excluding steroid dienone is 1. The molecule has 3 nitrogen and oxygen atoms in total. The molecule has 1 N–H and O–H groups in total. The predicted octanol–water partition coefficient (Wildman–Crippen LogP) is 2.34. The van der Waals surface area contributed by atoms with Gasteiger partial charge in [0.15, 0.2) is 0 Å². The number of benzene rings is 1. The standard InChI is InChI=1S/C16H22N2O/c1-13(2)10-16(19)17-15-8-9-18(12-15)11-14-6-4-3-5-7-14/h3-7,10,15H,8-9,11-12H2,1-2H3,(H,17,19)/t15-/m1/s1. The number of carbonyl (C=O) groups is 1. The van der Waals surface area contributed by atoms with Gasteiger partial charge in [-0.3, -0.25) is 9.69 Å². The van der Waals surface area contributed by atoms with Crippen molar-refractivity contribution < 1.29 is 4.79 Å². The molecule has 19 heavy (non-hydrogen) atoms. The Morgan fingerprint density at radius 1 is 1.37 bits per heavy atom. The summed E-state index contributed by atoms with van der Waals surface area (Å²) in [6.07, 6.45) is 2.70. The summed E-state index contributed by atoms with van der Waals surface area (Å²) in [6, 6.07) is 10.8. The number of hydrogen-bond donors (Lipinski definition) is 1. The normalized spacial score (nSPS) is 19.2. The quantitative estimate of drug-likeness (QED) is 0.841. The molecule has 1 aromatic rings. The van der Waals surface area contributed by atoms with Gasteiger partial charge in [0.25, 0.3) is 0 Å². The Bertz CT molecular complexity index is 449. The molecule has 102 valence electrons. The monoisotopic (exact) mass is 258 g/mol. The van der Waals surface area contributed by atoms with Gasteiger partial charge < -0.3 is 5.32 Å². The topological polar surface area (TPSA) is 32.3 Å². The van der Waals surface area contributed by atoms with Crippen LogP contribution in [0.1, 0.15) is 25.8 Å². The second-order valence-electron chi connectivity index (χ2n) is 5.44. The van der Waals surface area contributed by atoms with Crippen molar-refractivity contribution in [3.8, 4) is 0 Å². The van der Waals surface area contributed by atoms with E-state index in [2.05, 4.69) is 34.5 Å². The number of rotatable bonds is 4. The smallest absolute Gasteiger partial charge is 0.244 e. The largest absolute Gasteiger partial charge is 0.348 e. The molecule has 1 amide bonds. The molecule has 0 aliphatic carbocycles. The Hall–Kier alpha value is -1.61. The lowest BCUT2D eigenvalue weighted by atomic mass is 10.2. The average Bonchev–Trinajstić information content (AvgIpc) is 2.76. The summed E-state index contributed by atoms with van der Waals surface area (Å²) >= 11 is 0. The minimum atomic E-state index is 0.0339. The van der Waals surface area contributed by atoms with Crippen molar-refractivity contribution in [2.75, 3.05) is 13.1 Å². The molecule has 2 rings (SSSR count). The number of amides is 1. The first-order valence-corrected chi connectivity index (χ1v) is 6.85. The summed E-state index contributed by atoms with van der Waals surface area (Å²) in [7, 11) is 0. The molecule has 0 aromatic heterocycles. The van der Waals surface area contributed by atoms with Gasteiger partial charge in [0.2, 0.25) is 5.91 Å². The summed E-state index contributed by atoms with van der Waals surface area (Å²) in [5.74, 6) is 0.0339. The zero-order chi connectivity index (χ0) is 13.7. The fourth-order valence-electron chi connectivity index (χ4n) is 2.44. The second-order valence-corrected chi connectivity index (χ2v) is 5.44. The highest BCUT2D eigenvalue weighted by molar-refractivity contribution is 5.88.